The molecule has 4 rings (SSSR count). The molecule has 262 valence electrons. The normalized spacial score (nSPS) is 20.2. The van der Waals surface area contributed by atoms with Gasteiger partial charge >= 0.3 is 29.8 Å². The number of esters is 5. The number of carbonyl (C=O) groups is 5. The van der Waals surface area contributed by atoms with Crippen LogP contribution in [0.4, 0.5) is 0 Å². The predicted octanol–water partition coefficient (Wildman–Crippen LogP) is 1.71. The van der Waals surface area contributed by atoms with Crippen LogP contribution < -0.4 is 10.2 Å². The Kier molecular flexibility index (Phi) is 10.2. The summed E-state index contributed by atoms with van der Waals surface area (Å²) in [7, 11) is 0. The van der Waals surface area contributed by atoms with Crippen molar-refractivity contribution < 1.29 is 82.3 Å². The van der Waals surface area contributed by atoms with Gasteiger partial charge in [-0.1, -0.05) is 0 Å². The number of phenols is 4. The van der Waals surface area contributed by atoms with E-state index >= 15 is 0 Å². The van der Waals surface area contributed by atoms with Crippen molar-refractivity contribution in [3.63, 3.8) is 0 Å². The summed E-state index contributed by atoms with van der Waals surface area (Å²) in [4.78, 5) is 74.6. The third-order valence-corrected chi connectivity index (χ3v) is 6.99. The first-order chi connectivity index (χ1) is 22.9. The number of rotatable bonds is 8. The van der Waals surface area contributed by atoms with Gasteiger partial charge in [0.15, 0.2) is 41.3 Å². The molecule has 2 heterocycles. The third kappa shape index (κ3) is 7.43. The van der Waals surface area contributed by atoms with E-state index in [1.54, 1.807) is 0 Å². The van der Waals surface area contributed by atoms with Crippen LogP contribution in [0.1, 0.15) is 46.3 Å². The maximum atomic E-state index is 13.7. The summed E-state index contributed by atoms with van der Waals surface area (Å²) in [5.74, 6) is -10.6. The molecule has 1 aliphatic rings. The standard InChI is InChI=1S/C31H30O18/c1-10(32)43-9-21-27(44-11(2)33)30(46-13(4)35)31(47-14(5)36)29(49-21)22-19(40)8-20-23(28(22)45-12(3)34)24(41)25(42)26(48-20)15-6-17(38)18(39)7-16(15)37/h6-8,21,27,29-31,37-40,42H,9H2,1-5H3/t21-,27-,29+,30+,31+/m1/s1. The van der Waals surface area contributed by atoms with Crippen molar-refractivity contribution in [2.24, 2.45) is 0 Å². The molecule has 5 atom stereocenters. The number of carbonyl (C=O) groups excluding carboxylic acids is 5. The van der Waals surface area contributed by atoms with E-state index in [0.717, 1.165) is 46.8 Å². The molecule has 0 unspecified atom stereocenters. The smallest absolute Gasteiger partial charge is 0.308 e. The van der Waals surface area contributed by atoms with E-state index < -0.39 is 135 Å². The van der Waals surface area contributed by atoms with Gasteiger partial charge in [-0.3, -0.25) is 28.8 Å². The summed E-state index contributed by atoms with van der Waals surface area (Å²) in [5.41, 5.74) is -2.94. The van der Waals surface area contributed by atoms with Crippen molar-refractivity contribution in [2.45, 2.75) is 65.1 Å². The maximum Gasteiger partial charge on any atom is 0.308 e. The lowest BCUT2D eigenvalue weighted by Crippen LogP contribution is -2.59. The molecule has 0 saturated carbocycles. The first-order valence-corrected chi connectivity index (χ1v) is 14.2. The van der Waals surface area contributed by atoms with E-state index in [-0.39, 0.29) is 0 Å². The van der Waals surface area contributed by atoms with Gasteiger partial charge in [0.25, 0.3) is 0 Å². The van der Waals surface area contributed by atoms with E-state index in [1.807, 2.05) is 0 Å². The molecule has 1 saturated heterocycles. The van der Waals surface area contributed by atoms with Crippen LogP contribution in [-0.2, 0) is 47.7 Å². The van der Waals surface area contributed by atoms with Crippen molar-refractivity contribution in [1.29, 1.82) is 0 Å². The van der Waals surface area contributed by atoms with Gasteiger partial charge in [0, 0.05) is 46.8 Å². The summed E-state index contributed by atoms with van der Waals surface area (Å²) >= 11 is 0. The predicted molar refractivity (Wildman–Crippen MR) is 158 cm³/mol. The highest BCUT2D eigenvalue weighted by molar-refractivity contribution is 5.93. The van der Waals surface area contributed by atoms with Crippen LogP contribution in [0.2, 0.25) is 0 Å². The van der Waals surface area contributed by atoms with Crippen LogP contribution in [0.15, 0.2) is 27.4 Å². The number of fused-ring (bicyclic) bond motifs is 1. The summed E-state index contributed by atoms with van der Waals surface area (Å²) in [5, 5.41) is 51.6. The van der Waals surface area contributed by atoms with Gasteiger partial charge in [-0.2, -0.15) is 0 Å². The Bertz CT molecular complexity index is 1910. The van der Waals surface area contributed by atoms with E-state index in [9.17, 15) is 54.3 Å². The Morgan fingerprint density at radius 1 is 0.694 bits per heavy atom. The van der Waals surface area contributed by atoms with E-state index in [0.29, 0.717) is 6.07 Å². The first-order valence-electron chi connectivity index (χ1n) is 14.2. The molecule has 0 spiro atoms. The van der Waals surface area contributed by atoms with E-state index in [1.165, 1.54) is 0 Å². The van der Waals surface area contributed by atoms with Crippen LogP contribution in [0.3, 0.4) is 0 Å². The molecule has 1 fully saturated rings. The van der Waals surface area contributed by atoms with Crippen LogP contribution >= 0.6 is 0 Å². The molecule has 2 aromatic carbocycles. The van der Waals surface area contributed by atoms with Crippen LogP contribution in [-0.4, -0.2) is 86.4 Å². The summed E-state index contributed by atoms with van der Waals surface area (Å²) < 4.78 is 38.3. The fourth-order valence-electron chi connectivity index (χ4n) is 5.23. The zero-order chi connectivity index (χ0) is 36.5. The number of aromatic hydroxyl groups is 5. The van der Waals surface area contributed by atoms with Gasteiger partial charge in [-0.15, -0.1) is 0 Å². The van der Waals surface area contributed by atoms with E-state index in [2.05, 4.69) is 0 Å². The first kappa shape index (κ1) is 35.8. The van der Waals surface area contributed by atoms with Crippen molar-refractivity contribution in [1.82, 2.24) is 0 Å². The molecule has 0 aliphatic carbocycles. The minimum atomic E-state index is -1.85. The maximum absolute atomic E-state index is 13.7. The zero-order valence-corrected chi connectivity index (χ0v) is 26.4. The number of hydrogen-bond acceptors (Lipinski definition) is 18. The molecule has 18 heteroatoms. The van der Waals surface area contributed by atoms with Crippen molar-refractivity contribution in [2.75, 3.05) is 6.61 Å². The largest absolute Gasteiger partial charge is 0.507 e. The summed E-state index contributed by atoms with van der Waals surface area (Å²) in [6.45, 7) is 4.27. The van der Waals surface area contributed by atoms with Crippen LogP contribution in [0.5, 0.6) is 34.5 Å². The Hall–Kier alpha value is -6.04. The molecular weight excluding hydrogens is 660 g/mol. The quantitative estimate of drug-likeness (QED) is 0.0739. The Labute approximate surface area is 274 Å². The Balaban J connectivity index is 2.06. The van der Waals surface area contributed by atoms with Gasteiger partial charge in [0.2, 0.25) is 11.2 Å². The van der Waals surface area contributed by atoms with Crippen molar-refractivity contribution in [3.05, 3.63) is 34.0 Å². The summed E-state index contributed by atoms with van der Waals surface area (Å²) in [6.07, 6.45) is -8.48. The lowest BCUT2D eigenvalue weighted by atomic mass is 9.88. The lowest BCUT2D eigenvalue weighted by Gasteiger charge is -2.44. The van der Waals surface area contributed by atoms with Gasteiger partial charge in [0.05, 0.1) is 11.1 Å². The molecule has 18 nitrogen and oxygen atoms in total. The molecular formula is C31H30O18. The van der Waals surface area contributed by atoms with Crippen LogP contribution in [0, 0.1) is 0 Å². The minimum absolute atomic E-state index is 0.469. The fraction of sp³-hybridized carbons (Fsp3) is 0.355. The Morgan fingerprint density at radius 3 is 1.84 bits per heavy atom. The van der Waals surface area contributed by atoms with Crippen molar-refractivity contribution >= 4 is 40.8 Å². The summed E-state index contributed by atoms with van der Waals surface area (Å²) in [6, 6.07) is 2.28. The average molecular weight is 691 g/mol. The average Bonchev–Trinajstić information content (AvgIpc) is 2.97. The second-order valence-corrected chi connectivity index (χ2v) is 10.7. The second kappa shape index (κ2) is 14.0. The molecule has 0 bridgehead atoms. The Morgan fingerprint density at radius 2 is 1.27 bits per heavy atom. The lowest BCUT2D eigenvalue weighted by molar-refractivity contribution is -0.254. The molecule has 0 amide bonds. The molecule has 1 aromatic heterocycles. The van der Waals surface area contributed by atoms with Gasteiger partial charge in [0.1, 0.15) is 41.3 Å². The minimum Gasteiger partial charge on any atom is -0.507 e. The highest BCUT2D eigenvalue weighted by Gasteiger charge is 2.54. The molecule has 5 N–H and O–H groups in total. The van der Waals surface area contributed by atoms with Gasteiger partial charge < -0.3 is 58.4 Å². The number of benzene rings is 2. The fourth-order valence-corrected chi connectivity index (χ4v) is 5.23. The SMILES string of the molecule is CC(=O)OC[C@H]1O[C@@H](c2c(O)cc3oc(-c4cc(O)c(O)cc4O)c(O)c(=O)c3c2OC(C)=O)[C@H](OC(C)=O)[C@@H](OC(C)=O)[C@@H]1OC(C)=O. The third-order valence-electron chi connectivity index (χ3n) is 6.99. The number of hydrogen-bond donors (Lipinski definition) is 5. The topological polar surface area (TPSA) is 272 Å². The zero-order valence-electron chi connectivity index (χ0n) is 26.4. The van der Waals surface area contributed by atoms with Gasteiger partial charge in [-0.25, -0.2) is 0 Å². The van der Waals surface area contributed by atoms with Crippen molar-refractivity contribution in [3.8, 4) is 45.8 Å². The molecule has 3 aromatic rings. The van der Waals surface area contributed by atoms with Crippen LogP contribution in [0.25, 0.3) is 22.3 Å². The molecule has 49 heavy (non-hydrogen) atoms. The second-order valence-electron chi connectivity index (χ2n) is 10.7. The highest BCUT2D eigenvalue weighted by Crippen LogP contribution is 2.49. The number of phenolic OH excluding ortho intramolecular Hbond substituents is 4. The van der Waals surface area contributed by atoms with Gasteiger partial charge in [-0.05, 0) is 6.07 Å². The monoisotopic (exact) mass is 690 g/mol. The van der Waals surface area contributed by atoms with E-state index in [4.69, 9.17) is 32.8 Å². The highest BCUT2D eigenvalue weighted by atomic mass is 16.7. The number of ether oxygens (including phenoxy) is 6. The molecule has 1 aliphatic heterocycles. The molecule has 0 radical (unpaired) electrons.